The first kappa shape index (κ1) is 19.8. The molecule has 3 N–H and O–H groups in total. The number of hydrogen-bond donors (Lipinski definition) is 3. The van der Waals surface area contributed by atoms with Crippen molar-refractivity contribution in [1.29, 1.82) is 0 Å². The van der Waals surface area contributed by atoms with Gasteiger partial charge in [-0.25, -0.2) is 0 Å². The van der Waals surface area contributed by atoms with E-state index in [0.717, 1.165) is 31.9 Å². The lowest BCUT2D eigenvalue weighted by molar-refractivity contribution is 0.801. The van der Waals surface area contributed by atoms with Crippen LogP contribution in [0.25, 0.3) is 10.9 Å². The Kier molecular flexibility index (Phi) is 7.77. The Balaban J connectivity index is 0.00000225. The molecule has 0 fully saturated rings. The van der Waals surface area contributed by atoms with E-state index in [9.17, 15) is 0 Å². The molecule has 0 amide bonds. The number of hydrogen-bond acceptors (Lipinski definition) is 2. The summed E-state index contributed by atoms with van der Waals surface area (Å²) in [5.41, 5.74) is 4.00. The SMILES string of the molecule is CCc1cccc2c(CCNC(=NC)NCc3cccs3)c[nH]c12.I. The average molecular weight is 468 g/mol. The number of nitrogens with one attached hydrogen (secondary N) is 3. The molecule has 0 saturated carbocycles. The Morgan fingerprint density at radius 1 is 1.16 bits per heavy atom. The molecule has 0 bridgehead atoms. The van der Waals surface area contributed by atoms with E-state index in [0.29, 0.717) is 0 Å². The smallest absolute Gasteiger partial charge is 0.191 e. The third kappa shape index (κ3) is 4.98. The van der Waals surface area contributed by atoms with Crippen molar-refractivity contribution in [2.45, 2.75) is 26.3 Å². The van der Waals surface area contributed by atoms with E-state index >= 15 is 0 Å². The molecular weight excluding hydrogens is 443 g/mol. The number of aryl methyl sites for hydroxylation is 1. The van der Waals surface area contributed by atoms with Crippen LogP contribution in [0.4, 0.5) is 0 Å². The molecule has 0 aliphatic rings. The van der Waals surface area contributed by atoms with Crippen LogP contribution in [0.1, 0.15) is 22.9 Å². The number of rotatable bonds is 6. The van der Waals surface area contributed by atoms with E-state index < -0.39 is 0 Å². The predicted molar refractivity (Wildman–Crippen MR) is 119 cm³/mol. The molecule has 2 heterocycles. The van der Waals surface area contributed by atoms with Gasteiger partial charge in [0.1, 0.15) is 0 Å². The first-order valence-corrected chi connectivity index (χ1v) is 9.24. The Labute approximate surface area is 170 Å². The average Bonchev–Trinajstić information content (AvgIpc) is 3.27. The lowest BCUT2D eigenvalue weighted by Gasteiger charge is -2.11. The maximum Gasteiger partial charge on any atom is 0.191 e. The number of halogens is 1. The zero-order chi connectivity index (χ0) is 16.8. The largest absolute Gasteiger partial charge is 0.361 e. The summed E-state index contributed by atoms with van der Waals surface area (Å²) in [4.78, 5) is 9.03. The number of aromatic nitrogens is 1. The van der Waals surface area contributed by atoms with E-state index in [-0.39, 0.29) is 24.0 Å². The third-order valence-corrected chi connectivity index (χ3v) is 5.07. The van der Waals surface area contributed by atoms with Gasteiger partial charge in [-0.15, -0.1) is 35.3 Å². The number of thiophene rings is 1. The Morgan fingerprint density at radius 3 is 2.76 bits per heavy atom. The van der Waals surface area contributed by atoms with Crippen molar-refractivity contribution in [3.05, 3.63) is 57.9 Å². The van der Waals surface area contributed by atoms with Crippen molar-refractivity contribution < 1.29 is 0 Å². The van der Waals surface area contributed by atoms with Crippen LogP contribution in [-0.4, -0.2) is 24.5 Å². The van der Waals surface area contributed by atoms with Crippen LogP contribution in [0, 0.1) is 0 Å². The monoisotopic (exact) mass is 468 g/mol. The molecule has 2 aromatic heterocycles. The van der Waals surface area contributed by atoms with Crippen molar-refractivity contribution in [3.8, 4) is 0 Å². The molecule has 0 radical (unpaired) electrons. The van der Waals surface area contributed by atoms with Gasteiger partial charge in [-0.3, -0.25) is 4.99 Å². The van der Waals surface area contributed by atoms with E-state index in [1.54, 1.807) is 11.3 Å². The second-order valence-corrected chi connectivity index (χ2v) is 6.72. The van der Waals surface area contributed by atoms with Gasteiger partial charge >= 0.3 is 0 Å². The van der Waals surface area contributed by atoms with Crippen LogP contribution in [0.5, 0.6) is 0 Å². The minimum absolute atomic E-state index is 0. The number of aromatic amines is 1. The highest BCUT2D eigenvalue weighted by Gasteiger charge is 2.06. The van der Waals surface area contributed by atoms with Crippen molar-refractivity contribution in [2.24, 2.45) is 4.99 Å². The Bertz CT molecular complexity index is 808. The van der Waals surface area contributed by atoms with Crippen LogP contribution < -0.4 is 10.6 Å². The summed E-state index contributed by atoms with van der Waals surface area (Å²) < 4.78 is 0. The molecule has 0 spiro atoms. The molecule has 1 aromatic carbocycles. The molecule has 134 valence electrons. The lowest BCUT2D eigenvalue weighted by atomic mass is 10.1. The third-order valence-electron chi connectivity index (χ3n) is 4.19. The second kappa shape index (κ2) is 9.82. The topological polar surface area (TPSA) is 52.2 Å². The molecule has 3 aromatic rings. The normalized spacial score (nSPS) is 11.4. The molecule has 0 atom stereocenters. The molecule has 0 aliphatic carbocycles. The number of nitrogens with zero attached hydrogens (tertiary/aromatic N) is 1. The molecule has 0 unspecified atom stereocenters. The lowest BCUT2D eigenvalue weighted by Crippen LogP contribution is -2.37. The molecule has 4 nitrogen and oxygen atoms in total. The number of H-pyrrole nitrogens is 1. The molecular formula is C19H25IN4S. The molecule has 6 heteroatoms. The highest BCUT2D eigenvalue weighted by Crippen LogP contribution is 2.22. The van der Waals surface area contributed by atoms with Gasteiger partial charge in [-0.1, -0.05) is 31.2 Å². The summed E-state index contributed by atoms with van der Waals surface area (Å²) >= 11 is 1.75. The number of para-hydroxylation sites is 1. The van der Waals surface area contributed by atoms with Gasteiger partial charge in [0.25, 0.3) is 0 Å². The van der Waals surface area contributed by atoms with Gasteiger partial charge in [0.2, 0.25) is 0 Å². The zero-order valence-corrected chi connectivity index (χ0v) is 17.8. The minimum Gasteiger partial charge on any atom is -0.361 e. The number of aliphatic imine (C=N–C) groups is 1. The highest BCUT2D eigenvalue weighted by molar-refractivity contribution is 14.0. The summed E-state index contributed by atoms with van der Waals surface area (Å²) in [5.74, 6) is 0.845. The fourth-order valence-corrected chi connectivity index (χ4v) is 3.54. The molecule has 25 heavy (non-hydrogen) atoms. The molecule has 3 rings (SSSR count). The maximum atomic E-state index is 4.29. The van der Waals surface area contributed by atoms with Crippen molar-refractivity contribution in [3.63, 3.8) is 0 Å². The maximum absolute atomic E-state index is 4.29. The van der Waals surface area contributed by atoms with Gasteiger partial charge in [0.05, 0.1) is 6.54 Å². The number of benzene rings is 1. The van der Waals surface area contributed by atoms with Crippen LogP contribution in [0.15, 0.2) is 46.9 Å². The molecule has 0 saturated heterocycles. The predicted octanol–water partition coefficient (Wildman–Crippen LogP) is 4.32. The van der Waals surface area contributed by atoms with Crippen molar-refractivity contribution in [1.82, 2.24) is 15.6 Å². The van der Waals surface area contributed by atoms with Gasteiger partial charge < -0.3 is 15.6 Å². The van der Waals surface area contributed by atoms with E-state index in [4.69, 9.17) is 0 Å². The minimum atomic E-state index is 0. The van der Waals surface area contributed by atoms with Crippen LogP contribution in [0.3, 0.4) is 0 Å². The van der Waals surface area contributed by atoms with Gasteiger partial charge in [0, 0.05) is 35.6 Å². The van der Waals surface area contributed by atoms with Gasteiger partial charge in [0.15, 0.2) is 5.96 Å². The summed E-state index contributed by atoms with van der Waals surface area (Å²) in [6, 6.07) is 10.7. The Hall–Kier alpha value is -1.54. The number of guanidine groups is 1. The van der Waals surface area contributed by atoms with Crippen LogP contribution in [-0.2, 0) is 19.4 Å². The first-order chi connectivity index (χ1) is 11.8. The Morgan fingerprint density at radius 2 is 2.04 bits per heavy atom. The second-order valence-electron chi connectivity index (χ2n) is 5.69. The number of fused-ring (bicyclic) bond motifs is 1. The highest BCUT2D eigenvalue weighted by atomic mass is 127. The van der Waals surface area contributed by atoms with Crippen molar-refractivity contribution in [2.75, 3.05) is 13.6 Å². The van der Waals surface area contributed by atoms with Gasteiger partial charge in [-0.2, -0.15) is 0 Å². The van der Waals surface area contributed by atoms with Crippen LogP contribution >= 0.6 is 35.3 Å². The summed E-state index contributed by atoms with van der Waals surface area (Å²) in [7, 11) is 1.81. The van der Waals surface area contributed by atoms with Gasteiger partial charge in [-0.05, 0) is 35.4 Å². The van der Waals surface area contributed by atoms with E-state index in [1.165, 1.54) is 26.9 Å². The standard InChI is InChI=1S/C19H24N4S.HI/c1-3-14-6-4-8-17-15(12-22-18(14)17)9-10-21-19(20-2)23-13-16-7-5-11-24-16;/h4-8,11-12,22H,3,9-10,13H2,1-2H3,(H2,20,21,23);1H. The van der Waals surface area contributed by atoms with E-state index in [1.807, 2.05) is 7.05 Å². The zero-order valence-electron chi connectivity index (χ0n) is 14.6. The van der Waals surface area contributed by atoms with E-state index in [2.05, 4.69) is 69.4 Å². The molecule has 0 aliphatic heterocycles. The quantitative estimate of drug-likeness (QED) is 0.287. The summed E-state index contributed by atoms with van der Waals surface area (Å²) in [6.45, 7) is 3.86. The summed E-state index contributed by atoms with van der Waals surface area (Å²) in [5, 5.41) is 10.2. The first-order valence-electron chi connectivity index (χ1n) is 8.36. The fourth-order valence-electron chi connectivity index (χ4n) is 2.90. The fraction of sp³-hybridized carbons (Fsp3) is 0.316. The van der Waals surface area contributed by atoms with Crippen LogP contribution in [0.2, 0.25) is 0 Å². The summed E-state index contributed by atoms with van der Waals surface area (Å²) in [6.07, 6.45) is 4.15. The van der Waals surface area contributed by atoms with Crippen molar-refractivity contribution >= 4 is 52.2 Å².